The van der Waals surface area contributed by atoms with Gasteiger partial charge in [-0.3, -0.25) is 4.99 Å². The molecule has 1 saturated carbocycles. The molecule has 1 aliphatic carbocycles. The summed E-state index contributed by atoms with van der Waals surface area (Å²) in [5.41, 5.74) is 5.41. The predicted molar refractivity (Wildman–Crippen MR) is 106 cm³/mol. The fourth-order valence-corrected chi connectivity index (χ4v) is 3.39. The van der Waals surface area contributed by atoms with Gasteiger partial charge in [0.2, 0.25) is 0 Å². The first-order valence-electron chi connectivity index (χ1n) is 8.03. The van der Waals surface area contributed by atoms with Gasteiger partial charge in [-0.05, 0) is 37.1 Å². The number of nitrogens with zero attached hydrogens (tertiary/aromatic N) is 2. The van der Waals surface area contributed by atoms with Crippen molar-refractivity contribution in [1.29, 1.82) is 0 Å². The molecule has 134 valence electrons. The number of nitrogens with one attached hydrogen (secondary N) is 1. The molecule has 3 N–H and O–H groups in total. The molecule has 3 rings (SSSR count). The van der Waals surface area contributed by atoms with Gasteiger partial charge in [-0.15, -0.1) is 24.0 Å². The van der Waals surface area contributed by atoms with Crippen molar-refractivity contribution in [3.05, 3.63) is 59.8 Å². The van der Waals surface area contributed by atoms with Crippen molar-refractivity contribution in [2.24, 2.45) is 10.7 Å². The molecule has 1 aromatic carbocycles. The number of pyridine rings is 1. The van der Waals surface area contributed by atoms with Gasteiger partial charge in [0, 0.05) is 17.2 Å². The summed E-state index contributed by atoms with van der Waals surface area (Å²) in [5.74, 6) is -0.250. The van der Waals surface area contributed by atoms with E-state index in [1.54, 1.807) is 18.3 Å². The average molecular weight is 458 g/mol. The van der Waals surface area contributed by atoms with Crippen LogP contribution >= 0.6 is 24.0 Å². The third-order valence-electron chi connectivity index (χ3n) is 4.53. The molecule has 4 nitrogen and oxygen atoms in total. The second-order valence-electron chi connectivity index (χ2n) is 6.13. The van der Waals surface area contributed by atoms with Crippen LogP contribution < -0.4 is 11.1 Å². The Hall–Kier alpha value is -1.77. The van der Waals surface area contributed by atoms with Crippen LogP contribution in [0.1, 0.15) is 31.2 Å². The van der Waals surface area contributed by atoms with E-state index < -0.39 is 17.0 Å². The third-order valence-corrected chi connectivity index (χ3v) is 4.53. The van der Waals surface area contributed by atoms with Gasteiger partial charge < -0.3 is 11.1 Å². The molecule has 1 heterocycles. The lowest BCUT2D eigenvalue weighted by atomic mass is 9.78. The Labute approximate surface area is 163 Å². The quantitative estimate of drug-likeness (QED) is 0.410. The van der Waals surface area contributed by atoms with Crippen LogP contribution in [-0.2, 0) is 5.41 Å². The number of hydrogen-bond acceptors (Lipinski definition) is 2. The zero-order valence-electron chi connectivity index (χ0n) is 13.7. The Balaban J connectivity index is 0.00000225. The summed E-state index contributed by atoms with van der Waals surface area (Å²) in [5, 5.41) is 2.89. The monoisotopic (exact) mass is 458 g/mol. The molecular formula is C18H21F2IN4. The molecule has 7 heteroatoms. The molecule has 0 atom stereocenters. The average Bonchev–Trinajstić information content (AvgIpc) is 3.04. The van der Waals surface area contributed by atoms with Crippen LogP contribution in [0.3, 0.4) is 0 Å². The number of anilines is 1. The topological polar surface area (TPSA) is 63.3 Å². The van der Waals surface area contributed by atoms with Gasteiger partial charge in [0.05, 0.1) is 6.54 Å². The maximum Gasteiger partial charge on any atom is 0.194 e. The highest BCUT2D eigenvalue weighted by Crippen LogP contribution is 2.43. The van der Waals surface area contributed by atoms with Crippen molar-refractivity contribution in [3.63, 3.8) is 0 Å². The van der Waals surface area contributed by atoms with E-state index in [0.29, 0.717) is 18.7 Å². The van der Waals surface area contributed by atoms with Gasteiger partial charge >= 0.3 is 0 Å². The van der Waals surface area contributed by atoms with Gasteiger partial charge in [0.1, 0.15) is 17.5 Å². The summed E-state index contributed by atoms with van der Waals surface area (Å²) >= 11 is 0. The molecule has 1 aliphatic rings. The minimum atomic E-state index is -0.633. The lowest BCUT2D eigenvalue weighted by Crippen LogP contribution is -2.32. The maximum absolute atomic E-state index is 14.3. The molecular weight excluding hydrogens is 437 g/mol. The van der Waals surface area contributed by atoms with Crippen molar-refractivity contribution in [1.82, 2.24) is 4.98 Å². The first kappa shape index (κ1) is 19.6. The normalized spacial score (nSPS) is 16.3. The molecule has 0 unspecified atom stereocenters. The van der Waals surface area contributed by atoms with Gasteiger partial charge in [-0.25, -0.2) is 13.8 Å². The summed E-state index contributed by atoms with van der Waals surface area (Å²) < 4.78 is 28.5. The van der Waals surface area contributed by atoms with E-state index in [1.807, 2.05) is 6.07 Å². The van der Waals surface area contributed by atoms with Crippen LogP contribution in [0.15, 0.2) is 47.6 Å². The fourth-order valence-electron chi connectivity index (χ4n) is 3.39. The standard InChI is InChI=1S/C18H20F2N4.HI/c19-13-6-5-7-14(20)16(13)18(9-2-3-10-18)12-23-17(21)24-15-8-1-4-11-22-15;/h1,4-8,11H,2-3,9-10,12H2,(H3,21,22,23,24);1H. The fraction of sp³-hybridized carbons (Fsp3) is 0.333. The summed E-state index contributed by atoms with van der Waals surface area (Å²) in [4.78, 5) is 8.45. The Morgan fingerprint density at radius 1 is 1.12 bits per heavy atom. The van der Waals surface area contributed by atoms with Gasteiger partial charge in [0.15, 0.2) is 5.96 Å². The second kappa shape index (κ2) is 8.55. The third kappa shape index (κ3) is 4.45. The number of guanidine groups is 1. The van der Waals surface area contributed by atoms with E-state index in [2.05, 4.69) is 15.3 Å². The first-order valence-corrected chi connectivity index (χ1v) is 8.03. The van der Waals surface area contributed by atoms with Crippen LogP contribution in [0.4, 0.5) is 14.6 Å². The number of rotatable bonds is 4. The largest absolute Gasteiger partial charge is 0.370 e. The van der Waals surface area contributed by atoms with Crippen LogP contribution in [0, 0.1) is 11.6 Å². The molecule has 0 saturated heterocycles. The molecule has 0 aliphatic heterocycles. The molecule has 0 amide bonds. The molecule has 25 heavy (non-hydrogen) atoms. The first-order chi connectivity index (χ1) is 11.6. The number of aliphatic imine (C=N–C) groups is 1. The SMILES string of the molecule is I.NC(=NCC1(c2c(F)cccc2F)CCCC1)Nc1ccccn1. The molecule has 0 bridgehead atoms. The zero-order chi connectivity index (χ0) is 17.0. The highest BCUT2D eigenvalue weighted by atomic mass is 127. The Morgan fingerprint density at radius 3 is 2.40 bits per heavy atom. The van der Waals surface area contributed by atoms with E-state index in [0.717, 1.165) is 12.8 Å². The molecule has 1 fully saturated rings. The van der Waals surface area contributed by atoms with Gasteiger partial charge in [-0.2, -0.15) is 0 Å². The number of aromatic nitrogens is 1. The van der Waals surface area contributed by atoms with E-state index in [1.165, 1.54) is 18.2 Å². The summed E-state index contributed by atoms with van der Waals surface area (Å²) in [6.07, 6.45) is 4.90. The smallest absolute Gasteiger partial charge is 0.194 e. The van der Waals surface area contributed by atoms with Crippen LogP contribution in [0.2, 0.25) is 0 Å². The summed E-state index contributed by atoms with van der Waals surface area (Å²) in [6.45, 7) is 0.247. The van der Waals surface area contributed by atoms with Gasteiger partial charge in [0.25, 0.3) is 0 Å². The molecule has 0 radical (unpaired) electrons. The number of nitrogens with two attached hydrogens (primary N) is 1. The number of halogens is 3. The van der Waals surface area contributed by atoms with Crippen molar-refractivity contribution in [2.75, 3.05) is 11.9 Å². The second-order valence-corrected chi connectivity index (χ2v) is 6.13. The van der Waals surface area contributed by atoms with Crippen LogP contribution in [0.25, 0.3) is 0 Å². The van der Waals surface area contributed by atoms with Gasteiger partial charge in [-0.1, -0.05) is 25.0 Å². The van der Waals surface area contributed by atoms with Crippen molar-refractivity contribution in [2.45, 2.75) is 31.1 Å². The van der Waals surface area contributed by atoms with E-state index in [4.69, 9.17) is 5.73 Å². The van der Waals surface area contributed by atoms with Crippen LogP contribution in [-0.4, -0.2) is 17.5 Å². The Kier molecular flexibility index (Phi) is 6.69. The Bertz CT molecular complexity index is 711. The zero-order valence-corrected chi connectivity index (χ0v) is 16.0. The van der Waals surface area contributed by atoms with E-state index >= 15 is 0 Å². The highest BCUT2D eigenvalue weighted by Gasteiger charge is 2.39. The van der Waals surface area contributed by atoms with E-state index in [9.17, 15) is 8.78 Å². The molecule has 2 aromatic rings. The highest BCUT2D eigenvalue weighted by molar-refractivity contribution is 14.0. The minimum Gasteiger partial charge on any atom is -0.370 e. The lowest BCUT2D eigenvalue weighted by molar-refractivity contribution is 0.401. The number of benzene rings is 1. The Morgan fingerprint density at radius 2 is 1.80 bits per heavy atom. The van der Waals surface area contributed by atoms with Crippen molar-refractivity contribution < 1.29 is 8.78 Å². The molecule has 0 spiro atoms. The maximum atomic E-state index is 14.3. The molecule has 1 aromatic heterocycles. The van der Waals surface area contributed by atoms with Crippen molar-refractivity contribution in [3.8, 4) is 0 Å². The minimum absolute atomic E-state index is 0. The van der Waals surface area contributed by atoms with Crippen LogP contribution in [0.5, 0.6) is 0 Å². The predicted octanol–water partition coefficient (Wildman–Crippen LogP) is 4.22. The summed E-state index contributed by atoms with van der Waals surface area (Å²) in [6, 6.07) is 9.39. The summed E-state index contributed by atoms with van der Waals surface area (Å²) in [7, 11) is 0. The lowest BCUT2D eigenvalue weighted by Gasteiger charge is -2.28. The van der Waals surface area contributed by atoms with Crippen molar-refractivity contribution >= 4 is 35.8 Å². The van der Waals surface area contributed by atoms with E-state index in [-0.39, 0.29) is 42.0 Å². The number of hydrogen-bond donors (Lipinski definition) is 2.